The molecule has 0 aromatic rings. The summed E-state index contributed by atoms with van der Waals surface area (Å²) in [5.74, 6) is 0.755. The van der Waals surface area contributed by atoms with E-state index in [0.717, 1.165) is 0 Å². The van der Waals surface area contributed by atoms with E-state index in [1.54, 1.807) is 6.08 Å². The Balaban J connectivity index is 2.88. The van der Waals surface area contributed by atoms with Gasteiger partial charge in [0.1, 0.15) is 0 Å². The molecule has 0 saturated heterocycles. The molecule has 1 fully saturated rings. The maximum absolute atomic E-state index is 10.1. The van der Waals surface area contributed by atoms with Crippen LogP contribution in [0.5, 0.6) is 0 Å². The Morgan fingerprint density at radius 1 is 1.31 bits per heavy atom. The molecule has 1 rings (SSSR count). The molecule has 0 aromatic carbocycles. The summed E-state index contributed by atoms with van der Waals surface area (Å²) in [5.41, 5.74) is -0.884. The quantitative estimate of drug-likeness (QED) is 0.607. The van der Waals surface area contributed by atoms with Gasteiger partial charge in [-0.25, -0.2) is 0 Å². The van der Waals surface area contributed by atoms with Crippen LogP contribution in [-0.4, -0.2) is 21.9 Å². The van der Waals surface area contributed by atoms with Crippen LogP contribution >= 0.6 is 0 Å². The molecule has 2 heteroatoms. The number of hydrogen-bond donors (Lipinski definition) is 2. The Labute approximate surface area is 80.3 Å². The standard InChI is InChI=1S/C11H20O2/c1-5-11(13)6-10(12)8(3)7(2)9(11)4/h5,7-10,12-13H,1,6H2,2-4H3. The summed E-state index contributed by atoms with van der Waals surface area (Å²) in [6, 6.07) is 0. The predicted octanol–water partition coefficient (Wildman–Crippen LogP) is 1.58. The third kappa shape index (κ3) is 1.65. The van der Waals surface area contributed by atoms with E-state index in [0.29, 0.717) is 12.3 Å². The Kier molecular flexibility index (Phi) is 2.83. The SMILES string of the molecule is C=CC1(O)CC(O)C(C)C(C)C1C. The van der Waals surface area contributed by atoms with Crippen molar-refractivity contribution in [2.45, 2.75) is 38.9 Å². The van der Waals surface area contributed by atoms with Gasteiger partial charge < -0.3 is 10.2 Å². The van der Waals surface area contributed by atoms with E-state index in [4.69, 9.17) is 0 Å². The van der Waals surface area contributed by atoms with Crippen LogP contribution in [0.25, 0.3) is 0 Å². The molecule has 0 bridgehead atoms. The largest absolute Gasteiger partial charge is 0.393 e. The average molecular weight is 184 g/mol. The van der Waals surface area contributed by atoms with Crippen LogP contribution in [0.4, 0.5) is 0 Å². The van der Waals surface area contributed by atoms with Crippen LogP contribution in [0.15, 0.2) is 12.7 Å². The average Bonchev–Trinajstić information content (AvgIpc) is 2.12. The second kappa shape index (κ2) is 3.43. The molecule has 1 saturated carbocycles. The van der Waals surface area contributed by atoms with Gasteiger partial charge in [-0.2, -0.15) is 0 Å². The zero-order chi connectivity index (χ0) is 10.2. The lowest BCUT2D eigenvalue weighted by Crippen LogP contribution is -2.50. The first-order chi connectivity index (χ1) is 5.92. The van der Waals surface area contributed by atoms with E-state index in [-0.39, 0.29) is 11.8 Å². The minimum absolute atomic E-state index is 0.170. The molecular formula is C11H20O2. The lowest BCUT2D eigenvalue weighted by molar-refractivity contribution is -0.0993. The van der Waals surface area contributed by atoms with E-state index < -0.39 is 11.7 Å². The smallest absolute Gasteiger partial charge is 0.0877 e. The van der Waals surface area contributed by atoms with E-state index in [1.807, 2.05) is 13.8 Å². The summed E-state index contributed by atoms with van der Waals surface area (Å²) < 4.78 is 0. The minimum Gasteiger partial charge on any atom is -0.393 e. The molecule has 0 amide bonds. The summed E-state index contributed by atoms with van der Waals surface area (Å²) in [5, 5.41) is 19.9. The number of aliphatic hydroxyl groups excluding tert-OH is 1. The molecule has 2 N–H and O–H groups in total. The molecule has 13 heavy (non-hydrogen) atoms. The van der Waals surface area contributed by atoms with Gasteiger partial charge in [-0.15, -0.1) is 6.58 Å². The van der Waals surface area contributed by atoms with Crippen molar-refractivity contribution in [2.24, 2.45) is 17.8 Å². The first-order valence-electron chi connectivity index (χ1n) is 4.96. The van der Waals surface area contributed by atoms with Crippen molar-refractivity contribution in [3.05, 3.63) is 12.7 Å². The Hall–Kier alpha value is -0.340. The highest BCUT2D eigenvalue weighted by Crippen LogP contribution is 2.41. The molecule has 1 aliphatic carbocycles. The molecular weight excluding hydrogens is 164 g/mol. The van der Waals surface area contributed by atoms with E-state index >= 15 is 0 Å². The van der Waals surface area contributed by atoms with E-state index in [9.17, 15) is 10.2 Å². The summed E-state index contributed by atoms with van der Waals surface area (Å²) in [6.07, 6.45) is 1.58. The number of aliphatic hydroxyl groups is 2. The van der Waals surface area contributed by atoms with Crippen molar-refractivity contribution >= 4 is 0 Å². The third-order valence-corrected chi connectivity index (χ3v) is 3.90. The van der Waals surface area contributed by atoms with Gasteiger partial charge in [-0.1, -0.05) is 26.8 Å². The molecule has 0 radical (unpaired) electrons. The van der Waals surface area contributed by atoms with Crippen molar-refractivity contribution in [1.29, 1.82) is 0 Å². The fraction of sp³-hybridized carbons (Fsp3) is 0.818. The maximum atomic E-state index is 10.1. The zero-order valence-electron chi connectivity index (χ0n) is 8.70. The molecule has 1 aliphatic rings. The highest BCUT2D eigenvalue weighted by Gasteiger charge is 2.44. The summed E-state index contributed by atoms with van der Waals surface area (Å²) >= 11 is 0. The van der Waals surface area contributed by atoms with Crippen LogP contribution in [0.2, 0.25) is 0 Å². The van der Waals surface area contributed by atoms with Gasteiger partial charge in [-0.3, -0.25) is 0 Å². The molecule has 0 heterocycles. The molecule has 5 unspecified atom stereocenters. The molecule has 0 aromatic heterocycles. The minimum atomic E-state index is -0.884. The summed E-state index contributed by atoms with van der Waals surface area (Å²) in [6.45, 7) is 9.77. The van der Waals surface area contributed by atoms with Crippen molar-refractivity contribution in [3.8, 4) is 0 Å². The highest BCUT2D eigenvalue weighted by molar-refractivity contribution is 5.06. The fourth-order valence-corrected chi connectivity index (χ4v) is 2.24. The van der Waals surface area contributed by atoms with Gasteiger partial charge in [-0.05, 0) is 17.8 Å². The van der Waals surface area contributed by atoms with Crippen molar-refractivity contribution in [1.82, 2.24) is 0 Å². The lowest BCUT2D eigenvalue weighted by atomic mass is 9.65. The van der Waals surface area contributed by atoms with Gasteiger partial charge in [0.25, 0.3) is 0 Å². The fourth-order valence-electron chi connectivity index (χ4n) is 2.24. The predicted molar refractivity (Wildman–Crippen MR) is 53.3 cm³/mol. The van der Waals surface area contributed by atoms with E-state index in [2.05, 4.69) is 13.5 Å². The number of rotatable bonds is 1. The number of hydrogen-bond acceptors (Lipinski definition) is 2. The summed E-state index contributed by atoms with van der Waals surface area (Å²) in [7, 11) is 0. The Bertz CT molecular complexity index is 202. The van der Waals surface area contributed by atoms with Gasteiger partial charge >= 0.3 is 0 Å². The monoisotopic (exact) mass is 184 g/mol. The zero-order valence-corrected chi connectivity index (χ0v) is 8.70. The second-order valence-corrected chi connectivity index (χ2v) is 4.47. The van der Waals surface area contributed by atoms with Gasteiger partial charge in [0.2, 0.25) is 0 Å². The Morgan fingerprint density at radius 2 is 1.85 bits per heavy atom. The third-order valence-electron chi connectivity index (χ3n) is 3.90. The van der Waals surface area contributed by atoms with Crippen molar-refractivity contribution in [3.63, 3.8) is 0 Å². The molecule has 76 valence electrons. The maximum Gasteiger partial charge on any atom is 0.0877 e. The second-order valence-electron chi connectivity index (χ2n) is 4.47. The molecule has 2 nitrogen and oxygen atoms in total. The van der Waals surface area contributed by atoms with Crippen LogP contribution in [0.1, 0.15) is 27.2 Å². The van der Waals surface area contributed by atoms with Crippen LogP contribution in [0.3, 0.4) is 0 Å². The molecule has 0 spiro atoms. The van der Waals surface area contributed by atoms with Crippen LogP contribution < -0.4 is 0 Å². The van der Waals surface area contributed by atoms with Crippen molar-refractivity contribution in [2.75, 3.05) is 0 Å². The Morgan fingerprint density at radius 3 is 2.31 bits per heavy atom. The van der Waals surface area contributed by atoms with Crippen LogP contribution in [0, 0.1) is 17.8 Å². The van der Waals surface area contributed by atoms with Crippen LogP contribution in [-0.2, 0) is 0 Å². The first-order valence-corrected chi connectivity index (χ1v) is 4.96. The summed E-state index contributed by atoms with van der Waals surface area (Å²) in [4.78, 5) is 0. The highest BCUT2D eigenvalue weighted by atomic mass is 16.3. The first kappa shape index (κ1) is 10.7. The lowest BCUT2D eigenvalue weighted by Gasteiger charge is -2.45. The molecule has 5 atom stereocenters. The van der Waals surface area contributed by atoms with Gasteiger partial charge in [0.15, 0.2) is 0 Å². The van der Waals surface area contributed by atoms with Gasteiger partial charge in [0, 0.05) is 6.42 Å². The topological polar surface area (TPSA) is 40.5 Å². The normalized spacial score (nSPS) is 51.8. The van der Waals surface area contributed by atoms with Crippen molar-refractivity contribution < 1.29 is 10.2 Å². The molecule has 0 aliphatic heterocycles. The van der Waals surface area contributed by atoms with E-state index in [1.165, 1.54) is 0 Å². The van der Waals surface area contributed by atoms with Gasteiger partial charge in [0.05, 0.1) is 11.7 Å².